The maximum atomic E-state index is 13.1. The largest absolute Gasteiger partial charge is 0.497 e. The molecule has 2 heterocycles. The van der Waals surface area contributed by atoms with Gasteiger partial charge < -0.3 is 19.8 Å². The lowest BCUT2D eigenvalue weighted by molar-refractivity contribution is 0.0923. The molecule has 178 valence electrons. The van der Waals surface area contributed by atoms with Gasteiger partial charge in [-0.15, -0.1) is 0 Å². The number of ether oxygens (including phenoxy) is 1. The number of nitrogens with zero attached hydrogens (tertiary/aromatic N) is 1. The molecule has 1 aliphatic heterocycles. The lowest BCUT2D eigenvalue weighted by Gasteiger charge is -2.35. The number of rotatable bonds is 8. The third-order valence-electron chi connectivity index (χ3n) is 6.28. The van der Waals surface area contributed by atoms with Crippen molar-refractivity contribution in [3.63, 3.8) is 0 Å². The van der Waals surface area contributed by atoms with Crippen molar-refractivity contribution in [2.45, 2.75) is 32.2 Å². The molecule has 34 heavy (non-hydrogen) atoms. The van der Waals surface area contributed by atoms with E-state index >= 15 is 0 Å². The predicted molar refractivity (Wildman–Crippen MR) is 131 cm³/mol. The van der Waals surface area contributed by atoms with Gasteiger partial charge in [-0.1, -0.05) is 24.6 Å². The van der Waals surface area contributed by atoms with E-state index in [0.29, 0.717) is 17.8 Å². The van der Waals surface area contributed by atoms with E-state index in [1.807, 2.05) is 25.1 Å². The first kappa shape index (κ1) is 23.6. The first-order valence-electron chi connectivity index (χ1n) is 11.7. The van der Waals surface area contributed by atoms with Crippen molar-refractivity contribution < 1.29 is 18.7 Å². The van der Waals surface area contributed by atoms with Crippen molar-refractivity contribution in [3.05, 3.63) is 83.3 Å². The molecule has 2 N–H and O–H groups in total. The highest BCUT2D eigenvalue weighted by atomic mass is 16.5. The second-order valence-corrected chi connectivity index (χ2v) is 8.56. The third kappa shape index (κ3) is 5.66. The van der Waals surface area contributed by atoms with Gasteiger partial charge in [0.15, 0.2) is 5.76 Å². The van der Waals surface area contributed by atoms with Crippen LogP contribution < -0.4 is 15.4 Å². The van der Waals surface area contributed by atoms with E-state index in [4.69, 9.17) is 9.15 Å². The van der Waals surface area contributed by atoms with Gasteiger partial charge in [-0.25, -0.2) is 0 Å². The van der Waals surface area contributed by atoms with Crippen LogP contribution in [-0.4, -0.2) is 43.5 Å². The number of anilines is 1. The van der Waals surface area contributed by atoms with Crippen molar-refractivity contribution in [1.82, 2.24) is 10.2 Å². The second kappa shape index (κ2) is 11.0. The Kier molecular flexibility index (Phi) is 7.65. The van der Waals surface area contributed by atoms with Crippen LogP contribution >= 0.6 is 0 Å². The quantitative estimate of drug-likeness (QED) is 0.503. The maximum absolute atomic E-state index is 13.1. The lowest BCUT2D eigenvalue weighted by atomic mass is 10.0. The van der Waals surface area contributed by atoms with E-state index in [2.05, 4.69) is 27.7 Å². The normalized spacial score (nSPS) is 14.9. The highest BCUT2D eigenvalue weighted by molar-refractivity contribution is 6.03. The van der Waals surface area contributed by atoms with Crippen LogP contribution in [0.15, 0.2) is 65.3 Å². The number of amides is 2. The number of carbonyl (C=O) groups is 2. The second-order valence-electron chi connectivity index (χ2n) is 8.56. The Hall–Kier alpha value is -3.58. The summed E-state index contributed by atoms with van der Waals surface area (Å²) in [7, 11) is 1.66. The smallest absolute Gasteiger partial charge is 0.291 e. The summed E-state index contributed by atoms with van der Waals surface area (Å²) in [6.45, 7) is 4.41. The molecule has 0 spiro atoms. The Morgan fingerprint density at radius 1 is 1.03 bits per heavy atom. The van der Waals surface area contributed by atoms with Crippen LogP contribution in [0.2, 0.25) is 0 Å². The van der Waals surface area contributed by atoms with Gasteiger partial charge in [0.2, 0.25) is 0 Å². The first-order valence-corrected chi connectivity index (χ1v) is 11.7. The van der Waals surface area contributed by atoms with Crippen molar-refractivity contribution in [3.8, 4) is 5.75 Å². The average molecular weight is 462 g/mol. The molecule has 0 aliphatic carbocycles. The molecule has 1 atom stereocenters. The van der Waals surface area contributed by atoms with E-state index in [9.17, 15) is 9.59 Å². The van der Waals surface area contributed by atoms with E-state index < -0.39 is 0 Å². The van der Waals surface area contributed by atoms with Gasteiger partial charge in [-0.3, -0.25) is 14.5 Å². The summed E-state index contributed by atoms with van der Waals surface area (Å²) in [6, 6.07) is 16.7. The Morgan fingerprint density at radius 2 is 1.79 bits per heavy atom. The fourth-order valence-corrected chi connectivity index (χ4v) is 4.29. The Morgan fingerprint density at radius 3 is 2.47 bits per heavy atom. The summed E-state index contributed by atoms with van der Waals surface area (Å²) < 4.78 is 10.5. The van der Waals surface area contributed by atoms with Crippen LogP contribution in [0, 0.1) is 6.92 Å². The number of hydrogen-bond donors (Lipinski definition) is 2. The number of nitrogens with one attached hydrogen (secondary N) is 2. The minimum atomic E-state index is -0.352. The number of carbonyl (C=O) groups excluding carboxylic acids is 2. The minimum Gasteiger partial charge on any atom is -0.497 e. The van der Waals surface area contributed by atoms with Crippen LogP contribution in [0.4, 0.5) is 5.69 Å². The number of furan rings is 1. The molecular formula is C27H31N3O4. The molecule has 3 aromatic rings. The van der Waals surface area contributed by atoms with Gasteiger partial charge in [-0.05, 0) is 80.4 Å². The zero-order valence-corrected chi connectivity index (χ0v) is 19.7. The monoisotopic (exact) mass is 461 g/mol. The molecule has 0 radical (unpaired) electrons. The van der Waals surface area contributed by atoms with E-state index in [0.717, 1.165) is 42.8 Å². The molecule has 0 bridgehead atoms. The average Bonchev–Trinajstić information content (AvgIpc) is 3.42. The first-order chi connectivity index (χ1) is 16.5. The summed E-state index contributed by atoms with van der Waals surface area (Å²) in [5, 5.41) is 5.94. The van der Waals surface area contributed by atoms with E-state index in [-0.39, 0.29) is 23.6 Å². The van der Waals surface area contributed by atoms with Crippen molar-refractivity contribution in [2.24, 2.45) is 0 Å². The van der Waals surface area contributed by atoms with Gasteiger partial charge >= 0.3 is 0 Å². The van der Waals surface area contributed by atoms with Gasteiger partial charge in [0.05, 0.1) is 19.4 Å². The summed E-state index contributed by atoms with van der Waals surface area (Å²) in [5.74, 6) is 0.506. The molecular weight excluding hydrogens is 430 g/mol. The third-order valence-corrected chi connectivity index (χ3v) is 6.28. The number of hydrogen-bond acceptors (Lipinski definition) is 5. The van der Waals surface area contributed by atoms with Crippen molar-refractivity contribution in [2.75, 3.05) is 32.1 Å². The minimum absolute atomic E-state index is 0.0822. The van der Waals surface area contributed by atoms with Gasteiger partial charge in [0.1, 0.15) is 5.75 Å². The fourth-order valence-electron chi connectivity index (χ4n) is 4.29. The van der Waals surface area contributed by atoms with Crippen LogP contribution in [-0.2, 0) is 0 Å². The summed E-state index contributed by atoms with van der Waals surface area (Å²) >= 11 is 0. The summed E-state index contributed by atoms with van der Waals surface area (Å²) in [4.78, 5) is 27.9. The molecule has 1 saturated heterocycles. The Labute approximate surface area is 200 Å². The maximum Gasteiger partial charge on any atom is 0.291 e. The predicted octanol–water partition coefficient (Wildman–Crippen LogP) is 4.81. The molecule has 7 nitrogen and oxygen atoms in total. The summed E-state index contributed by atoms with van der Waals surface area (Å²) in [6.07, 6.45) is 5.02. The number of likely N-dealkylation sites (tertiary alicyclic amines) is 1. The number of benzene rings is 2. The molecule has 0 unspecified atom stereocenters. The van der Waals surface area contributed by atoms with E-state index in [1.54, 1.807) is 31.4 Å². The molecule has 4 rings (SSSR count). The van der Waals surface area contributed by atoms with Crippen LogP contribution in [0.5, 0.6) is 5.75 Å². The van der Waals surface area contributed by atoms with E-state index in [1.165, 1.54) is 12.7 Å². The number of piperidine rings is 1. The van der Waals surface area contributed by atoms with Gasteiger partial charge in [0, 0.05) is 17.8 Å². The van der Waals surface area contributed by atoms with Crippen LogP contribution in [0.25, 0.3) is 0 Å². The Balaban J connectivity index is 1.47. The Bertz CT molecular complexity index is 1100. The van der Waals surface area contributed by atoms with Crippen molar-refractivity contribution in [1.29, 1.82) is 0 Å². The van der Waals surface area contributed by atoms with Crippen LogP contribution in [0.1, 0.15) is 57.3 Å². The topological polar surface area (TPSA) is 83.8 Å². The lowest BCUT2D eigenvalue weighted by Crippen LogP contribution is -2.40. The number of methoxy groups -OCH3 is 1. The molecule has 1 aromatic heterocycles. The van der Waals surface area contributed by atoms with Crippen molar-refractivity contribution >= 4 is 17.5 Å². The van der Waals surface area contributed by atoms with Gasteiger partial charge in [-0.2, -0.15) is 0 Å². The number of aryl methyl sites for hydroxylation is 1. The van der Waals surface area contributed by atoms with Gasteiger partial charge in [0.25, 0.3) is 11.8 Å². The van der Waals surface area contributed by atoms with Crippen LogP contribution in [0.3, 0.4) is 0 Å². The molecule has 1 fully saturated rings. The molecule has 0 saturated carbocycles. The fraction of sp³-hybridized carbons (Fsp3) is 0.333. The summed E-state index contributed by atoms with van der Waals surface area (Å²) in [5.41, 5.74) is 3.09. The standard InChI is InChI=1S/C27H31N3O4/c1-19-8-9-21(17-23(19)29-27(32)25-7-6-16-34-25)26(31)28-18-24(30-14-4-3-5-15-30)20-10-12-22(33-2)13-11-20/h6-13,16-17,24H,3-5,14-15,18H2,1-2H3,(H,28,31)(H,29,32)/t24-/m0/s1. The molecule has 7 heteroatoms. The SMILES string of the molecule is COc1ccc([C@H](CNC(=O)c2ccc(C)c(NC(=O)c3ccco3)c2)N2CCCCC2)cc1. The zero-order valence-electron chi connectivity index (χ0n) is 19.7. The molecule has 2 amide bonds. The highest BCUT2D eigenvalue weighted by Gasteiger charge is 2.23. The highest BCUT2D eigenvalue weighted by Crippen LogP contribution is 2.26. The zero-order chi connectivity index (χ0) is 23.9. The molecule has 2 aromatic carbocycles. The molecule has 1 aliphatic rings.